The molecule has 4 rings (SSSR count). The Kier molecular flexibility index (Phi) is 2.87. The molecule has 0 saturated heterocycles. The van der Waals surface area contributed by atoms with Crippen LogP contribution in [0.5, 0.6) is 10.9 Å². The van der Waals surface area contributed by atoms with Gasteiger partial charge in [-0.2, -0.15) is 0 Å². The average molecular weight is 297 g/mol. The molecule has 2 aromatic heterocycles. The van der Waals surface area contributed by atoms with Crippen molar-refractivity contribution in [3.63, 3.8) is 0 Å². The minimum Gasteiger partial charge on any atom is -0.464 e. The lowest BCUT2D eigenvalue weighted by atomic mass is 10.2. The van der Waals surface area contributed by atoms with E-state index < -0.39 is 0 Å². The Morgan fingerprint density at radius 1 is 1.19 bits per heavy atom. The number of rotatable bonds is 3. The van der Waals surface area contributed by atoms with E-state index in [1.165, 1.54) is 11.3 Å². The van der Waals surface area contributed by atoms with Crippen LogP contribution >= 0.6 is 11.3 Å². The van der Waals surface area contributed by atoms with Gasteiger partial charge in [0.2, 0.25) is 0 Å². The number of furan rings is 1. The Balaban J connectivity index is 1.70. The zero-order valence-corrected chi connectivity index (χ0v) is 11.8. The maximum absolute atomic E-state index is 9.21. The third kappa shape index (κ3) is 2.16. The summed E-state index contributed by atoms with van der Waals surface area (Å²) in [7, 11) is 0. The summed E-state index contributed by atoms with van der Waals surface area (Å²) < 4.78 is 12.3. The second-order valence-corrected chi connectivity index (χ2v) is 5.62. The third-order valence-electron chi connectivity index (χ3n) is 3.28. The molecular weight excluding hydrogens is 286 g/mol. The average Bonchev–Trinajstić information content (AvgIpc) is 3.09. The number of benzene rings is 2. The topological polar surface area (TPSA) is 55.5 Å². The Morgan fingerprint density at radius 3 is 2.95 bits per heavy atom. The van der Waals surface area contributed by atoms with Crippen LogP contribution in [-0.4, -0.2) is 10.1 Å². The highest BCUT2D eigenvalue weighted by atomic mass is 32.1. The molecule has 0 atom stereocenters. The standard InChI is InChI=1S/C16H11NO3S/c18-8-10-9-19-14-7-11(5-6-12(10)14)20-16-17-13-3-1-2-4-15(13)21-16/h1-7,9,18H,8H2. The molecule has 0 spiro atoms. The number of thiazole rings is 1. The first-order chi connectivity index (χ1) is 10.3. The first kappa shape index (κ1) is 12.4. The van der Waals surface area contributed by atoms with E-state index in [0.717, 1.165) is 21.2 Å². The van der Waals surface area contributed by atoms with Crippen LogP contribution in [0, 0.1) is 0 Å². The second-order valence-electron chi connectivity index (χ2n) is 4.63. The van der Waals surface area contributed by atoms with Crippen molar-refractivity contribution in [1.29, 1.82) is 0 Å². The van der Waals surface area contributed by atoms with Crippen LogP contribution in [0.3, 0.4) is 0 Å². The highest BCUT2D eigenvalue weighted by Gasteiger charge is 2.09. The summed E-state index contributed by atoms with van der Waals surface area (Å²) in [6.45, 7) is -0.0366. The van der Waals surface area contributed by atoms with Crippen molar-refractivity contribution < 1.29 is 14.3 Å². The molecule has 1 N–H and O–H groups in total. The number of fused-ring (bicyclic) bond motifs is 2. The van der Waals surface area contributed by atoms with E-state index >= 15 is 0 Å². The minimum absolute atomic E-state index is 0.0366. The summed E-state index contributed by atoms with van der Waals surface area (Å²) in [6.07, 6.45) is 1.56. The molecule has 2 aromatic carbocycles. The molecule has 0 aliphatic carbocycles. The highest BCUT2D eigenvalue weighted by molar-refractivity contribution is 7.20. The molecule has 4 nitrogen and oxygen atoms in total. The fourth-order valence-electron chi connectivity index (χ4n) is 2.25. The maximum Gasteiger partial charge on any atom is 0.279 e. The van der Waals surface area contributed by atoms with Gasteiger partial charge in [0.15, 0.2) is 0 Å². The van der Waals surface area contributed by atoms with Gasteiger partial charge in [-0.1, -0.05) is 23.5 Å². The lowest BCUT2D eigenvalue weighted by Gasteiger charge is -2.01. The predicted molar refractivity (Wildman–Crippen MR) is 81.8 cm³/mol. The zero-order chi connectivity index (χ0) is 14.2. The summed E-state index contributed by atoms with van der Waals surface area (Å²) in [4.78, 5) is 4.44. The molecule has 104 valence electrons. The lowest BCUT2D eigenvalue weighted by molar-refractivity contribution is 0.281. The normalized spacial score (nSPS) is 11.3. The van der Waals surface area contributed by atoms with Crippen molar-refractivity contribution in [2.45, 2.75) is 6.61 Å². The Morgan fingerprint density at radius 2 is 2.10 bits per heavy atom. The van der Waals surface area contributed by atoms with Crippen molar-refractivity contribution >= 4 is 32.5 Å². The molecule has 0 saturated carbocycles. The fourth-order valence-corrected chi connectivity index (χ4v) is 3.08. The number of hydrogen-bond donors (Lipinski definition) is 1. The van der Waals surface area contributed by atoms with E-state index in [-0.39, 0.29) is 6.61 Å². The SMILES string of the molecule is OCc1coc2cc(Oc3nc4ccccc4s3)ccc12. The van der Waals surface area contributed by atoms with Gasteiger partial charge in [-0.25, -0.2) is 4.98 Å². The summed E-state index contributed by atoms with van der Waals surface area (Å²) in [5, 5.41) is 10.7. The maximum atomic E-state index is 9.21. The van der Waals surface area contributed by atoms with E-state index in [9.17, 15) is 5.11 Å². The molecule has 0 bridgehead atoms. The highest BCUT2D eigenvalue weighted by Crippen LogP contribution is 2.33. The van der Waals surface area contributed by atoms with Gasteiger partial charge in [-0.05, 0) is 24.3 Å². The van der Waals surface area contributed by atoms with E-state index in [2.05, 4.69) is 4.98 Å². The summed E-state index contributed by atoms with van der Waals surface area (Å²) >= 11 is 1.50. The smallest absolute Gasteiger partial charge is 0.279 e. The van der Waals surface area contributed by atoms with Gasteiger partial charge in [0.05, 0.1) is 23.1 Å². The van der Waals surface area contributed by atoms with Gasteiger partial charge in [-0.15, -0.1) is 0 Å². The predicted octanol–water partition coefficient (Wildman–Crippen LogP) is 4.33. The van der Waals surface area contributed by atoms with Crippen LogP contribution in [0.25, 0.3) is 21.2 Å². The summed E-state index contributed by atoms with van der Waals surface area (Å²) in [5.74, 6) is 0.667. The molecule has 0 aliphatic heterocycles. The van der Waals surface area contributed by atoms with Crippen LogP contribution in [0.15, 0.2) is 53.1 Å². The van der Waals surface area contributed by atoms with Crippen LogP contribution in [0.4, 0.5) is 0 Å². The number of hydrogen-bond acceptors (Lipinski definition) is 5. The fraction of sp³-hybridized carbons (Fsp3) is 0.0625. The van der Waals surface area contributed by atoms with E-state index in [0.29, 0.717) is 16.5 Å². The summed E-state index contributed by atoms with van der Waals surface area (Å²) in [6, 6.07) is 13.5. The number of para-hydroxylation sites is 1. The van der Waals surface area contributed by atoms with Gasteiger partial charge in [-0.3, -0.25) is 0 Å². The first-order valence-electron chi connectivity index (χ1n) is 6.48. The van der Waals surface area contributed by atoms with Crippen LogP contribution in [0.1, 0.15) is 5.56 Å². The molecule has 4 aromatic rings. The van der Waals surface area contributed by atoms with Crippen molar-refractivity contribution in [3.05, 3.63) is 54.3 Å². The van der Waals surface area contributed by atoms with E-state index in [1.54, 1.807) is 12.3 Å². The summed E-state index contributed by atoms with van der Waals surface area (Å²) in [5.41, 5.74) is 2.40. The monoisotopic (exact) mass is 297 g/mol. The number of aliphatic hydroxyl groups excluding tert-OH is 1. The van der Waals surface area contributed by atoms with Gasteiger partial charge in [0.25, 0.3) is 5.19 Å². The van der Waals surface area contributed by atoms with Crippen molar-refractivity contribution in [2.75, 3.05) is 0 Å². The van der Waals surface area contributed by atoms with Crippen LogP contribution in [-0.2, 0) is 6.61 Å². The van der Waals surface area contributed by atoms with Crippen molar-refractivity contribution in [1.82, 2.24) is 4.98 Å². The third-order valence-corrected chi connectivity index (χ3v) is 4.19. The van der Waals surface area contributed by atoms with Gasteiger partial charge in [0.1, 0.15) is 11.3 Å². The van der Waals surface area contributed by atoms with Crippen LogP contribution < -0.4 is 4.74 Å². The lowest BCUT2D eigenvalue weighted by Crippen LogP contribution is -1.83. The Hall–Kier alpha value is -2.37. The van der Waals surface area contributed by atoms with E-state index in [1.807, 2.05) is 36.4 Å². The zero-order valence-electron chi connectivity index (χ0n) is 10.9. The molecule has 5 heteroatoms. The minimum atomic E-state index is -0.0366. The number of aliphatic hydroxyl groups is 1. The molecule has 0 fully saturated rings. The van der Waals surface area contributed by atoms with Crippen LogP contribution in [0.2, 0.25) is 0 Å². The molecular formula is C16H11NO3S. The molecule has 0 amide bonds. The van der Waals surface area contributed by atoms with Crippen molar-refractivity contribution in [2.24, 2.45) is 0 Å². The molecule has 0 aliphatic rings. The number of ether oxygens (including phenoxy) is 1. The Labute approximate surface area is 124 Å². The molecule has 0 radical (unpaired) electrons. The van der Waals surface area contributed by atoms with Gasteiger partial charge < -0.3 is 14.3 Å². The Bertz CT molecular complexity index is 892. The second kappa shape index (κ2) is 4.87. The largest absolute Gasteiger partial charge is 0.464 e. The molecule has 21 heavy (non-hydrogen) atoms. The van der Waals surface area contributed by atoms with Crippen molar-refractivity contribution in [3.8, 4) is 10.9 Å². The number of aromatic nitrogens is 1. The van der Waals surface area contributed by atoms with Gasteiger partial charge >= 0.3 is 0 Å². The van der Waals surface area contributed by atoms with Gasteiger partial charge in [0, 0.05) is 17.0 Å². The first-order valence-corrected chi connectivity index (χ1v) is 7.29. The number of nitrogens with zero attached hydrogens (tertiary/aromatic N) is 1. The quantitative estimate of drug-likeness (QED) is 0.611. The van der Waals surface area contributed by atoms with E-state index in [4.69, 9.17) is 9.15 Å². The molecule has 2 heterocycles. The molecule has 0 unspecified atom stereocenters.